The third-order valence-corrected chi connectivity index (χ3v) is 7.72. The summed E-state index contributed by atoms with van der Waals surface area (Å²) in [6.45, 7) is 2.70. The molecular formula is C26H33N5O4S. The largest absolute Gasteiger partial charge is 0.496 e. The number of hydrogen-bond acceptors (Lipinski definition) is 6. The second-order valence-electron chi connectivity index (χ2n) is 8.95. The second kappa shape index (κ2) is 11.7. The smallest absolute Gasteiger partial charge is 0.222 e. The van der Waals surface area contributed by atoms with Crippen LogP contribution in [0.4, 0.5) is 0 Å². The maximum Gasteiger partial charge on any atom is 0.222 e. The zero-order valence-electron chi connectivity index (χ0n) is 20.7. The predicted molar refractivity (Wildman–Crippen MR) is 139 cm³/mol. The average Bonchev–Trinajstić information content (AvgIpc) is 3.31. The molecule has 0 radical (unpaired) electrons. The van der Waals surface area contributed by atoms with E-state index >= 15 is 0 Å². The van der Waals surface area contributed by atoms with Gasteiger partial charge in [-0.1, -0.05) is 42.5 Å². The van der Waals surface area contributed by atoms with Crippen LogP contribution in [0.5, 0.6) is 5.75 Å². The van der Waals surface area contributed by atoms with E-state index in [1.807, 2.05) is 54.6 Å². The molecule has 10 heteroatoms. The number of carbonyl (C=O) groups is 1. The van der Waals surface area contributed by atoms with Crippen LogP contribution in [0.15, 0.2) is 60.8 Å². The van der Waals surface area contributed by atoms with Crippen LogP contribution in [0.2, 0.25) is 0 Å². The van der Waals surface area contributed by atoms with E-state index in [2.05, 4.69) is 20.4 Å². The Labute approximate surface area is 212 Å². The van der Waals surface area contributed by atoms with Gasteiger partial charge in [0.05, 0.1) is 31.3 Å². The van der Waals surface area contributed by atoms with E-state index in [0.29, 0.717) is 39.1 Å². The number of H-pyrrole nitrogens is 1. The van der Waals surface area contributed by atoms with Crippen molar-refractivity contribution in [1.82, 2.24) is 24.7 Å². The number of rotatable bonds is 6. The Morgan fingerprint density at radius 3 is 2.56 bits per heavy atom. The molecule has 0 saturated carbocycles. The predicted octanol–water partition coefficient (Wildman–Crippen LogP) is 2.80. The maximum atomic E-state index is 12.8. The van der Waals surface area contributed by atoms with Gasteiger partial charge in [0.1, 0.15) is 5.75 Å². The van der Waals surface area contributed by atoms with Gasteiger partial charge in [0.2, 0.25) is 15.9 Å². The highest BCUT2D eigenvalue weighted by Gasteiger charge is 2.30. The van der Waals surface area contributed by atoms with Gasteiger partial charge in [-0.25, -0.2) is 8.42 Å². The van der Waals surface area contributed by atoms with Crippen molar-refractivity contribution >= 4 is 15.9 Å². The van der Waals surface area contributed by atoms with Gasteiger partial charge in [-0.05, 0) is 30.7 Å². The van der Waals surface area contributed by atoms with Gasteiger partial charge in [0.15, 0.2) is 0 Å². The van der Waals surface area contributed by atoms with Gasteiger partial charge in [-0.2, -0.15) is 9.40 Å². The fourth-order valence-electron chi connectivity index (χ4n) is 4.69. The van der Waals surface area contributed by atoms with Crippen LogP contribution < -0.4 is 10.1 Å². The fourth-order valence-corrected chi connectivity index (χ4v) is 5.81. The summed E-state index contributed by atoms with van der Waals surface area (Å²) < 4.78 is 32.6. The molecule has 1 saturated heterocycles. The normalized spacial score (nSPS) is 18.8. The van der Waals surface area contributed by atoms with Crippen molar-refractivity contribution in [3.63, 3.8) is 0 Å². The van der Waals surface area contributed by atoms with E-state index in [1.54, 1.807) is 13.3 Å². The standard InChI is InChI=1S/C26H33N5O4S/c1-35-24-12-7-6-11-22(24)26-21(18-28-29-26)19-30-14-8-15-31(36(2,33)34)23(17-25(32)27-13-16-30)20-9-4-3-5-10-20/h3-7,9-12,18,23H,8,13-17,19H2,1-2H3,(H,27,32)(H,28,29)/t23-/m0/s1. The number of amides is 1. The molecule has 4 rings (SSSR count). The van der Waals surface area contributed by atoms with E-state index in [1.165, 1.54) is 10.6 Å². The van der Waals surface area contributed by atoms with Crippen molar-refractivity contribution in [2.24, 2.45) is 0 Å². The first kappa shape index (κ1) is 25.9. The van der Waals surface area contributed by atoms with E-state index in [9.17, 15) is 13.2 Å². The molecule has 9 nitrogen and oxygen atoms in total. The number of aromatic nitrogens is 2. The quantitative estimate of drug-likeness (QED) is 0.527. The molecule has 2 heterocycles. The molecule has 1 aromatic heterocycles. The number of benzene rings is 2. The van der Waals surface area contributed by atoms with Crippen molar-refractivity contribution in [3.05, 3.63) is 71.9 Å². The summed E-state index contributed by atoms with van der Waals surface area (Å²) >= 11 is 0. The van der Waals surface area contributed by atoms with E-state index in [4.69, 9.17) is 4.74 Å². The van der Waals surface area contributed by atoms with Crippen LogP contribution in [0.3, 0.4) is 0 Å². The molecule has 1 aliphatic rings. The monoisotopic (exact) mass is 511 g/mol. The van der Waals surface area contributed by atoms with Crippen LogP contribution in [0.25, 0.3) is 11.3 Å². The van der Waals surface area contributed by atoms with Crippen LogP contribution in [0.1, 0.15) is 30.0 Å². The maximum absolute atomic E-state index is 12.8. The lowest BCUT2D eigenvalue weighted by Crippen LogP contribution is -2.38. The summed E-state index contributed by atoms with van der Waals surface area (Å²) in [6.07, 6.45) is 3.73. The van der Waals surface area contributed by atoms with Gasteiger partial charge in [-0.15, -0.1) is 0 Å². The third-order valence-electron chi connectivity index (χ3n) is 6.43. The minimum Gasteiger partial charge on any atom is -0.496 e. The van der Waals surface area contributed by atoms with E-state index < -0.39 is 16.1 Å². The minimum atomic E-state index is -3.54. The molecule has 2 aromatic carbocycles. The van der Waals surface area contributed by atoms with Crippen molar-refractivity contribution < 1.29 is 17.9 Å². The Kier molecular flexibility index (Phi) is 8.40. The first-order chi connectivity index (χ1) is 17.4. The Bertz CT molecular complexity index is 1260. The number of sulfonamides is 1. The van der Waals surface area contributed by atoms with Crippen molar-refractivity contribution in [3.8, 4) is 17.0 Å². The van der Waals surface area contributed by atoms with Gasteiger partial charge in [-0.3, -0.25) is 14.8 Å². The first-order valence-corrected chi connectivity index (χ1v) is 13.9. The fraction of sp³-hybridized carbons (Fsp3) is 0.385. The van der Waals surface area contributed by atoms with E-state index in [-0.39, 0.29) is 12.3 Å². The lowest BCUT2D eigenvalue weighted by atomic mass is 10.0. The summed E-state index contributed by atoms with van der Waals surface area (Å²) in [5.74, 6) is 0.584. The Morgan fingerprint density at radius 2 is 1.81 bits per heavy atom. The molecule has 192 valence electrons. The number of nitrogens with one attached hydrogen (secondary N) is 2. The summed E-state index contributed by atoms with van der Waals surface area (Å²) in [6, 6.07) is 16.6. The zero-order valence-corrected chi connectivity index (χ0v) is 21.5. The molecule has 0 unspecified atom stereocenters. The first-order valence-electron chi connectivity index (χ1n) is 12.0. The van der Waals surface area contributed by atoms with Gasteiger partial charge >= 0.3 is 0 Å². The lowest BCUT2D eigenvalue weighted by Gasteiger charge is -2.30. The zero-order chi connectivity index (χ0) is 25.5. The number of methoxy groups -OCH3 is 1. The number of nitrogens with zero attached hydrogens (tertiary/aromatic N) is 3. The highest BCUT2D eigenvalue weighted by molar-refractivity contribution is 7.88. The van der Waals surface area contributed by atoms with Crippen LogP contribution in [-0.4, -0.2) is 73.3 Å². The van der Waals surface area contributed by atoms with Crippen molar-refractivity contribution in [1.29, 1.82) is 0 Å². The lowest BCUT2D eigenvalue weighted by molar-refractivity contribution is -0.122. The molecule has 0 bridgehead atoms. The molecule has 1 fully saturated rings. The van der Waals surface area contributed by atoms with Gasteiger partial charge in [0, 0.05) is 43.7 Å². The molecule has 0 spiro atoms. The van der Waals surface area contributed by atoms with Crippen molar-refractivity contribution in [2.45, 2.75) is 25.4 Å². The van der Waals surface area contributed by atoms with Crippen LogP contribution in [-0.2, 0) is 21.4 Å². The summed E-state index contributed by atoms with van der Waals surface area (Å²) in [4.78, 5) is 15.0. The molecule has 1 amide bonds. The van der Waals surface area contributed by atoms with Gasteiger partial charge < -0.3 is 10.1 Å². The summed E-state index contributed by atoms with van der Waals surface area (Å²) in [7, 11) is -1.90. The molecule has 3 aromatic rings. The Hall–Kier alpha value is -3.21. The Morgan fingerprint density at radius 1 is 1.06 bits per heavy atom. The summed E-state index contributed by atoms with van der Waals surface area (Å²) in [5, 5.41) is 10.3. The van der Waals surface area contributed by atoms with E-state index in [0.717, 1.165) is 28.1 Å². The highest BCUT2D eigenvalue weighted by atomic mass is 32.2. The topological polar surface area (TPSA) is 108 Å². The number of para-hydroxylation sites is 1. The molecule has 1 atom stereocenters. The molecule has 2 N–H and O–H groups in total. The number of carbonyl (C=O) groups excluding carboxylic acids is 1. The second-order valence-corrected chi connectivity index (χ2v) is 10.9. The number of aromatic amines is 1. The Balaban J connectivity index is 1.55. The minimum absolute atomic E-state index is 0.0801. The molecule has 1 aliphatic heterocycles. The molecular weight excluding hydrogens is 478 g/mol. The van der Waals surface area contributed by atoms with Gasteiger partial charge in [0.25, 0.3) is 0 Å². The SMILES string of the molecule is COc1ccccc1-c1[nH]ncc1CN1CCCN(S(C)(=O)=O)[C@H](c2ccccc2)CC(=O)NCC1. The number of hydrogen-bond donors (Lipinski definition) is 2. The molecule has 0 aliphatic carbocycles. The van der Waals surface area contributed by atoms with Crippen LogP contribution >= 0.6 is 0 Å². The average molecular weight is 512 g/mol. The van der Waals surface area contributed by atoms with Crippen molar-refractivity contribution in [2.75, 3.05) is 39.5 Å². The van der Waals surface area contributed by atoms with Crippen LogP contribution in [0, 0.1) is 0 Å². The molecule has 36 heavy (non-hydrogen) atoms. The summed E-state index contributed by atoms with van der Waals surface area (Å²) in [5.41, 5.74) is 3.62. The highest BCUT2D eigenvalue weighted by Crippen LogP contribution is 2.31. The third kappa shape index (κ3) is 6.31. The number of ether oxygens (including phenoxy) is 1.